The van der Waals surface area contributed by atoms with Crippen LogP contribution in [0.2, 0.25) is 0 Å². The van der Waals surface area contributed by atoms with E-state index in [1.807, 2.05) is 32.0 Å². The minimum absolute atomic E-state index is 0.0526. The molecule has 1 fully saturated rings. The highest BCUT2D eigenvalue weighted by Gasteiger charge is 2.33. The van der Waals surface area contributed by atoms with Gasteiger partial charge in [-0.05, 0) is 50.5 Å². The van der Waals surface area contributed by atoms with E-state index in [1.54, 1.807) is 29.0 Å². The number of aromatic nitrogens is 2. The fraction of sp³-hybridized carbons (Fsp3) is 0.421. The van der Waals surface area contributed by atoms with E-state index in [9.17, 15) is 9.59 Å². The Kier molecular flexibility index (Phi) is 4.97. The second-order valence-electron chi connectivity index (χ2n) is 6.80. The van der Waals surface area contributed by atoms with E-state index in [-0.39, 0.29) is 23.8 Å². The van der Waals surface area contributed by atoms with Crippen LogP contribution in [-0.2, 0) is 4.79 Å². The number of nitrogens with zero attached hydrogens (tertiary/aromatic N) is 3. The fourth-order valence-electron chi connectivity index (χ4n) is 3.32. The molecule has 1 aromatic carbocycles. The summed E-state index contributed by atoms with van der Waals surface area (Å²) in [7, 11) is 1.60. The molecule has 0 saturated carbocycles. The smallest absolute Gasteiger partial charge is 0.274 e. The van der Waals surface area contributed by atoms with Gasteiger partial charge in [0.05, 0.1) is 13.0 Å². The molecular weight excluding hydrogens is 332 g/mol. The maximum absolute atomic E-state index is 12.9. The number of primary amides is 1. The molecule has 1 saturated heterocycles. The van der Waals surface area contributed by atoms with Crippen molar-refractivity contribution < 1.29 is 14.3 Å². The van der Waals surface area contributed by atoms with Crippen molar-refractivity contribution in [3.63, 3.8) is 0 Å². The number of aryl methyl sites for hydroxylation is 1. The predicted octanol–water partition coefficient (Wildman–Crippen LogP) is 1.92. The molecule has 7 heteroatoms. The highest BCUT2D eigenvalue weighted by Crippen LogP contribution is 2.25. The summed E-state index contributed by atoms with van der Waals surface area (Å²) in [5.74, 6) is -0.162. The van der Waals surface area contributed by atoms with E-state index in [2.05, 4.69) is 5.10 Å². The molecule has 0 radical (unpaired) electrons. The third kappa shape index (κ3) is 3.42. The molecule has 1 aliphatic rings. The first kappa shape index (κ1) is 18.0. The molecule has 0 bridgehead atoms. The van der Waals surface area contributed by atoms with Gasteiger partial charge in [-0.3, -0.25) is 9.59 Å². The first-order valence-electron chi connectivity index (χ1n) is 8.71. The summed E-state index contributed by atoms with van der Waals surface area (Å²) in [5.41, 5.74) is 7.61. The Balaban J connectivity index is 1.86. The van der Waals surface area contributed by atoms with Crippen molar-refractivity contribution in [2.75, 3.05) is 13.7 Å². The Labute approximate surface area is 152 Å². The van der Waals surface area contributed by atoms with Crippen LogP contribution in [0.1, 0.15) is 35.8 Å². The standard InChI is InChI=1S/C19H24N4O3/c1-12-4-7-17(26-3)16(10-12)23-9-8-15(21-23)19(25)22-11-14(18(20)24)6-5-13(22)2/h4,7-10,13-14H,5-6,11H2,1-3H3,(H2,20,24)/t13-,14-/m0/s1. The van der Waals surface area contributed by atoms with E-state index < -0.39 is 0 Å². The number of hydrogen-bond donors (Lipinski definition) is 1. The van der Waals surface area contributed by atoms with Crippen LogP contribution in [0.4, 0.5) is 0 Å². The first-order chi connectivity index (χ1) is 12.4. The van der Waals surface area contributed by atoms with Crippen molar-refractivity contribution in [1.29, 1.82) is 0 Å². The van der Waals surface area contributed by atoms with Gasteiger partial charge in [0.25, 0.3) is 5.91 Å². The molecule has 0 spiro atoms. The Morgan fingerprint density at radius 1 is 1.27 bits per heavy atom. The lowest BCUT2D eigenvalue weighted by atomic mass is 9.92. The lowest BCUT2D eigenvalue weighted by molar-refractivity contribution is -0.123. The number of rotatable bonds is 4. The Bertz CT molecular complexity index is 830. The number of carbonyl (C=O) groups excluding carboxylic acids is 2. The number of methoxy groups -OCH3 is 1. The lowest BCUT2D eigenvalue weighted by Crippen LogP contribution is -2.48. The van der Waals surface area contributed by atoms with Crippen LogP contribution in [0.15, 0.2) is 30.5 Å². The fourth-order valence-corrected chi connectivity index (χ4v) is 3.32. The van der Waals surface area contributed by atoms with Crippen molar-refractivity contribution in [1.82, 2.24) is 14.7 Å². The number of benzene rings is 1. The molecule has 1 aliphatic heterocycles. The van der Waals surface area contributed by atoms with Gasteiger partial charge in [0.15, 0.2) is 5.69 Å². The highest BCUT2D eigenvalue weighted by molar-refractivity contribution is 5.93. The van der Waals surface area contributed by atoms with Crippen molar-refractivity contribution >= 4 is 11.8 Å². The maximum atomic E-state index is 12.9. The van der Waals surface area contributed by atoms with Crippen LogP contribution in [0.5, 0.6) is 5.75 Å². The number of piperidine rings is 1. The SMILES string of the molecule is COc1ccc(C)cc1-n1ccc(C(=O)N2C[C@@H](C(N)=O)CC[C@@H]2C)n1. The second-order valence-corrected chi connectivity index (χ2v) is 6.80. The molecular formula is C19H24N4O3. The topological polar surface area (TPSA) is 90.5 Å². The van der Waals surface area contributed by atoms with Crippen molar-refractivity contribution in [3.05, 3.63) is 41.7 Å². The highest BCUT2D eigenvalue weighted by atomic mass is 16.5. The van der Waals surface area contributed by atoms with Gasteiger partial charge in [0.2, 0.25) is 5.91 Å². The minimum atomic E-state index is -0.357. The lowest BCUT2D eigenvalue weighted by Gasteiger charge is -2.36. The number of ether oxygens (including phenoxy) is 1. The number of amides is 2. The molecule has 2 atom stereocenters. The molecule has 7 nitrogen and oxygen atoms in total. The van der Waals surface area contributed by atoms with Gasteiger partial charge in [0.1, 0.15) is 11.4 Å². The number of hydrogen-bond acceptors (Lipinski definition) is 4. The summed E-state index contributed by atoms with van der Waals surface area (Å²) in [6.07, 6.45) is 3.21. The zero-order valence-corrected chi connectivity index (χ0v) is 15.3. The van der Waals surface area contributed by atoms with Gasteiger partial charge in [-0.2, -0.15) is 5.10 Å². The van der Waals surface area contributed by atoms with Gasteiger partial charge in [-0.1, -0.05) is 6.07 Å². The van der Waals surface area contributed by atoms with Crippen LogP contribution in [0.3, 0.4) is 0 Å². The van der Waals surface area contributed by atoms with Gasteiger partial charge in [-0.25, -0.2) is 4.68 Å². The van der Waals surface area contributed by atoms with Crippen molar-refractivity contribution in [2.45, 2.75) is 32.7 Å². The van der Waals surface area contributed by atoms with E-state index in [1.165, 1.54) is 0 Å². The Morgan fingerprint density at radius 3 is 2.73 bits per heavy atom. The Morgan fingerprint density at radius 2 is 2.04 bits per heavy atom. The number of nitrogens with two attached hydrogens (primary N) is 1. The third-order valence-electron chi connectivity index (χ3n) is 4.93. The molecule has 0 unspecified atom stereocenters. The monoisotopic (exact) mass is 356 g/mol. The maximum Gasteiger partial charge on any atom is 0.274 e. The van der Waals surface area contributed by atoms with Crippen molar-refractivity contribution in [3.8, 4) is 11.4 Å². The number of carbonyl (C=O) groups is 2. The molecule has 2 amide bonds. The molecule has 26 heavy (non-hydrogen) atoms. The van der Waals surface area contributed by atoms with Crippen LogP contribution in [0.25, 0.3) is 5.69 Å². The largest absolute Gasteiger partial charge is 0.494 e. The van der Waals surface area contributed by atoms with Crippen LogP contribution in [-0.4, -0.2) is 46.2 Å². The summed E-state index contributed by atoms with van der Waals surface area (Å²) in [4.78, 5) is 26.1. The van der Waals surface area contributed by atoms with E-state index in [4.69, 9.17) is 10.5 Å². The summed E-state index contributed by atoms with van der Waals surface area (Å²) in [6, 6.07) is 7.52. The molecule has 2 aromatic rings. The van der Waals surface area contributed by atoms with Crippen LogP contribution >= 0.6 is 0 Å². The van der Waals surface area contributed by atoms with Gasteiger partial charge in [0, 0.05) is 18.8 Å². The second kappa shape index (κ2) is 7.19. The normalized spacial score (nSPS) is 20.0. The zero-order valence-electron chi connectivity index (χ0n) is 15.3. The van der Waals surface area contributed by atoms with Gasteiger partial charge < -0.3 is 15.4 Å². The molecule has 2 N–H and O–H groups in total. The quantitative estimate of drug-likeness (QED) is 0.906. The summed E-state index contributed by atoms with van der Waals surface area (Å²) in [6.45, 7) is 4.31. The van der Waals surface area contributed by atoms with E-state index >= 15 is 0 Å². The van der Waals surface area contributed by atoms with E-state index in [0.29, 0.717) is 18.0 Å². The first-order valence-corrected chi connectivity index (χ1v) is 8.71. The molecule has 1 aromatic heterocycles. The minimum Gasteiger partial charge on any atom is -0.494 e. The summed E-state index contributed by atoms with van der Waals surface area (Å²) < 4.78 is 7.03. The third-order valence-corrected chi connectivity index (χ3v) is 4.93. The van der Waals surface area contributed by atoms with Crippen LogP contribution < -0.4 is 10.5 Å². The number of likely N-dealkylation sites (tertiary alicyclic amines) is 1. The van der Waals surface area contributed by atoms with Crippen LogP contribution in [0, 0.1) is 12.8 Å². The molecule has 0 aliphatic carbocycles. The average molecular weight is 356 g/mol. The average Bonchev–Trinajstić information content (AvgIpc) is 3.11. The molecule has 138 valence electrons. The van der Waals surface area contributed by atoms with E-state index in [0.717, 1.165) is 24.1 Å². The molecule has 2 heterocycles. The Hall–Kier alpha value is -2.83. The summed E-state index contributed by atoms with van der Waals surface area (Å²) in [5, 5.41) is 4.44. The van der Waals surface area contributed by atoms with Crippen molar-refractivity contribution in [2.24, 2.45) is 11.7 Å². The predicted molar refractivity (Wildman–Crippen MR) is 97.3 cm³/mol. The van der Waals surface area contributed by atoms with Gasteiger partial charge in [-0.15, -0.1) is 0 Å². The zero-order chi connectivity index (χ0) is 18.8. The molecule has 3 rings (SSSR count). The van der Waals surface area contributed by atoms with Gasteiger partial charge >= 0.3 is 0 Å². The summed E-state index contributed by atoms with van der Waals surface area (Å²) >= 11 is 0.